The summed E-state index contributed by atoms with van der Waals surface area (Å²) in [6, 6.07) is 2.12. The van der Waals surface area contributed by atoms with E-state index in [1.165, 1.54) is 10.4 Å². The average Bonchev–Trinajstić information content (AvgIpc) is 3.16. The summed E-state index contributed by atoms with van der Waals surface area (Å²) in [5.74, 6) is 1.86. The van der Waals surface area contributed by atoms with Crippen LogP contribution in [0, 0.1) is 6.92 Å². The fraction of sp³-hybridized carbons (Fsp3) is 0.357. The van der Waals surface area contributed by atoms with Gasteiger partial charge in [-0.3, -0.25) is 0 Å². The van der Waals surface area contributed by atoms with E-state index in [0.29, 0.717) is 17.5 Å². The highest BCUT2D eigenvalue weighted by atomic mass is 32.2. The zero-order chi connectivity index (χ0) is 14.8. The summed E-state index contributed by atoms with van der Waals surface area (Å²) in [6.07, 6.45) is 4.73. The minimum Gasteiger partial charge on any atom is -0.419 e. The van der Waals surface area contributed by atoms with Crippen LogP contribution in [0.5, 0.6) is 0 Å². The van der Waals surface area contributed by atoms with Gasteiger partial charge in [0.25, 0.3) is 5.89 Å². The molecule has 110 valence electrons. The van der Waals surface area contributed by atoms with Crippen molar-refractivity contribution in [2.24, 2.45) is 7.05 Å². The molecule has 0 radical (unpaired) electrons. The Morgan fingerprint density at radius 3 is 2.90 bits per heavy atom. The third-order valence-corrected chi connectivity index (χ3v) is 5.53. The highest BCUT2D eigenvalue weighted by Gasteiger charge is 2.13. The molecule has 0 unspecified atom stereocenters. The average molecular weight is 320 g/mol. The molecule has 21 heavy (non-hydrogen) atoms. The van der Waals surface area contributed by atoms with Crippen molar-refractivity contribution in [2.75, 3.05) is 0 Å². The van der Waals surface area contributed by atoms with Crippen LogP contribution < -0.4 is 0 Å². The normalized spacial score (nSPS) is 11.2. The summed E-state index contributed by atoms with van der Waals surface area (Å²) in [5.41, 5.74) is 1.29. The first-order chi connectivity index (χ1) is 10.2. The van der Waals surface area contributed by atoms with E-state index >= 15 is 0 Å². The summed E-state index contributed by atoms with van der Waals surface area (Å²) in [4.78, 5) is 6.67. The third-order valence-electron chi connectivity index (χ3n) is 3.12. The third kappa shape index (κ3) is 3.03. The molecule has 3 rings (SSSR count). The fourth-order valence-electron chi connectivity index (χ4n) is 2.01. The van der Waals surface area contributed by atoms with Gasteiger partial charge in [-0.2, -0.15) is 0 Å². The lowest BCUT2D eigenvalue weighted by Crippen LogP contribution is -1.89. The number of imidazole rings is 1. The molecule has 0 saturated heterocycles. The number of nitrogens with zero attached hydrogens (tertiary/aromatic N) is 4. The zero-order valence-electron chi connectivity index (χ0n) is 12.2. The van der Waals surface area contributed by atoms with Crippen molar-refractivity contribution in [1.29, 1.82) is 0 Å². The largest absolute Gasteiger partial charge is 0.419 e. The maximum atomic E-state index is 5.75. The molecule has 3 heterocycles. The van der Waals surface area contributed by atoms with Gasteiger partial charge in [-0.15, -0.1) is 21.5 Å². The lowest BCUT2D eigenvalue weighted by Gasteiger charge is -1.97. The molecule has 7 heteroatoms. The Labute approximate surface area is 131 Å². The molecular formula is C14H16N4OS2. The first-order valence-corrected chi connectivity index (χ1v) is 8.49. The molecular weight excluding hydrogens is 304 g/mol. The Hall–Kier alpha value is -1.60. The summed E-state index contributed by atoms with van der Waals surface area (Å²) >= 11 is 3.31. The number of thioether (sulfide) groups is 1. The number of thiophene rings is 1. The predicted octanol–water partition coefficient (Wildman–Crippen LogP) is 3.69. The molecule has 0 aliphatic rings. The molecule has 0 spiro atoms. The van der Waals surface area contributed by atoms with Gasteiger partial charge in [0, 0.05) is 24.3 Å². The number of hydrogen-bond donors (Lipinski definition) is 0. The minimum atomic E-state index is 0.609. The molecule has 0 saturated carbocycles. The molecule has 0 bridgehead atoms. The Balaban J connectivity index is 1.72. The molecule has 0 aliphatic heterocycles. The molecule has 3 aromatic rings. The van der Waals surface area contributed by atoms with Crippen LogP contribution in [0.25, 0.3) is 10.8 Å². The van der Waals surface area contributed by atoms with E-state index in [4.69, 9.17) is 4.42 Å². The number of hydrogen-bond acceptors (Lipinski definition) is 6. The van der Waals surface area contributed by atoms with Gasteiger partial charge < -0.3 is 8.98 Å². The van der Waals surface area contributed by atoms with Crippen LogP contribution in [-0.4, -0.2) is 19.7 Å². The van der Waals surface area contributed by atoms with E-state index in [2.05, 4.69) is 35.1 Å². The van der Waals surface area contributed by atoms with Gasteiger partial charge in [-0.25, -0.2) is 4.98 Å². The van der Waals surface area contributed by atoms with Crippen molar-refractivity contribution >= 4 is 23.1 Å². The lowest BCUT2D eigenvalue weighted by atomic mass is 10.2. The maximum Gasteiger partial charge on any atom is 0.257 e. The van der Waals surface area contributed by atoms with E-state index in [1.54, 1.807) is 29.3 Å². The number of rotatable bonds is 5. The lowest BCUT2D eigenvalue weighted by molar-refractivity contribution is 0.529. The van der Waals surface area contributed by atoms with Crippen molar-refractivity contribution in [3.05, 3.63) is 34.8 Å². The van der Waals surface area contributed by atoms with Crippen LogP contribution >= 0.6 is 23.1 Å². The van der Waals surface area contributed by atoms with Crippen LogP contribution in [0.2, 0.25) is 0 Å². The molecule has 0 atom stereocenters. The van der Waals surface area contributed by atoms with E-state index < -0.39 is 0 Å². The summed E-state index contributed by atoms with van der Waals surface area (Å²) in [6.45, 7) is 4.28. The fourth-order valence-corrected chi connectivity index (χ4v) is 3.81. The van der Waals surface area contributed by atoms with E-state index in [0.717, 1.165) is 16.5 Å². The SMILES string of the molecule is CCc1sc(-c2nnc(CSc3nccn3C)o2)cc1C. The number of aromatic nitrogens is 4. The minimum absolute atomic E-state index is 0.609. The highest BCUT2D eigenvalue weighted by molar-refractivity contribution is 7.98. The van der Waals surface area contributed by atoms with Crippen LogP contribution in [0.15, 0.2) is 28.0 Å². The van der Waals surface area contributed by atoms with Gasteiger partial charge in [-0.05, 0) is 25.0 Å². The summed E-state index contributed by atoms with van der Waals surface area (Å²) in [5, 5.41) is 9.21. The van der Waals surface area contributed by atoms with Gasteiger partial charge in [0.05, 0.1) is 10.6 Å². The van der Waals surface area contributed by atoms with Gasteiger partial charge in [0.2, 0.25) is 5.89 Å². The second kappa shape index (κ2) is 6.03. The Morgan fingerprint density at radius 1 is 1.38 bits per heavy atom. The molecule has 3 aromatic heterocycles. The molecule has 0 aromatic carbocycles. The standard InChI is InChI=1S/C14H16N4OS2/c1-4-10-9(2)7-11(21-10)13-17-16-12(19-13)8-20-14-15-5-6-18(14)3/h5-7H,4,8H2,1-3H3. The molecule has 0 N–H and O–H groups in total. The maximum absolute atomic E-state index is 5.75. The Morgan fingerprint density at radius 2 is 2.24 bits per heavy atom. The molecule has 5 nitrogen and oxygen atoms in total. The van der Waals surface area contributed by atoms with Gasteiger partial charge in [-0.1, -0.05) is 18.7 Å². The summed E-state index contributed by atoms with van der Waals surface area (Å²) in [7, 11) is 1.97. The molecule has 0 amide bonds. The quantitative estimate of drug-likeness (QED) is 0.671. The highest BCUT2D eigenvalue weighted by Crippen LogP contribution is 2.31. The first kappa shape index (κ1) is 14.3. The second-order valence-corrected chi connectivity index (χ2v) is 6.76. The van der Waals surface area contributed by atoms with Crippen molar-refractivity contribution in [3.63, 3.8) is 0 Å². The summed E-state index contributed by atoms with van der Waals surface area (Å²) < 4.78 is 7.72. The molecule has 0 fully saturated rings. The van der Waals surface area contributed by atoms with Gasteiger partial charge >= 0.3 is 0 Å². The smallest absolute Gasteiger partial charge is 0.257 e. The van der Waals surface area contributed by atoms with Crippen molar-refractivity contribution in [1.82, 2.24) is 19.7 Å². The van der Waals surface area contributed by atoms with Crippen LogP contribution in [0.3, 0.4) is 0 Å². The first-order valence-electron chi connectivity index (χ1n) is 6.69. The van der Waals surface area contributed by atoms with Crippen molar-refractivity contribution in [2.45, 2.75) is 31.2 Å². The van der Waals surface area contributed by atoms with Crippen LogP contribution in [0.1, 0.15) is 23.3 Å². The van der Waals surface area contributed by atoms with Crippen LogP contribution in [-0.2, 0) is 19.2 Å². The monoisotopic (exact) mass is 320 g/mol. The Bertz CT molecular complexity index is 744. The Kier molecular flexibility index (Phi) is 4.12. The van der Waals surface area contributed by atoms with E-state index in [1.807, 2.05) is 17.8 Å². The van der Waals surface area contributed by atoms with Crippen molar-refractivity contribution < 1.29 is 4.42 Å². The topological polar surface area (TPSA) is 56.7 Å². The van der Waals surface area contributed by atoms with Gasteiger partial charge in [0.15, 0.2) is 5.16 Å². The van der Waals surface area contributed by atoms with E-state index in [9.17, 15) is 0 Å². The second-order valence-electron chi connectivity index (χ2n) is 4.68. The van der Waals surface area contributed by atoms with E-state index in [-0.39, 0.29) is 0 Å². The molecule has 0 aliphatic carbocycles. The zero-order valence-corrected chi connectivity index (χ0v) is 13.8. The van der Waals surface area contributed by atoms with Crippen LogP contribution in [0.4, 0.5) is 0 Å². The van der Waals surface area contributed by atoms with Crippen molar-refractivity contribution in [3.8, 4) is 10.8 Å². The predicted molar refractivity (Wildman–Crippen MR) is 84.5 cm³/mol. The number of aryl methyl sites for hydroxylation is 3. The van der Waals surface area contributed by atoms with Gasteiger partial charge in [0.1, 0.15) is 0 Å².